The van der Waals surface area contributed by atoms with Gasteiger partial charge in [-0.05, 0) is 32.4 Å². The van der Waals surface area contributed by atoms with E-state index in [-0.39, 0.29) is 5.60 Å². The van der Waals surface area contributed by atoms with Crippen LogP contribution in [0.15, 0.2) is 0 Å². The molecule has 4 heteroatoms. The van der Waals surface area contributed by atoms with Gasteiger partial charge in [0, 0.05) is 38.8 Å². The lowest BCUT2D eigenvalue weighted by molar-refractivity contribution is -0.0900. The van der Waals surface area contributed by atoms with Crippen LogP contribution in [0.5, 0.6) is 0 Å². The highest BCUT2D eigenvalue weighted by Crippen LogP contribution is 2.33. The van der Waals surface area contributed by atoms with Gasteiger partial charge in [-0.25, -0.2) is 0 Å². The first kappa shape index (κ1) is 15.2. The van der Waals surface area contributed by atoms with E-state index in [2.05, 4.69) is 38.2 Å². The lowest BCUT2D eigenvalue weighted by atomic mass is 9.88. The fourth-order valence-electron chi connectivity index (χ4n) is 3.40. The molecule has 0 aromatic rings. The van der Waals surface area contributed by atoms with Gasteiger partial charge in [-0.3, -0.25) is 0 Å². The SMILES string of the molecule is CN(C)CC(C)(C)CNC1CCOC2(CCOC2)C1. The van der Waals surface area contributed by atoms with Crippen LogP contribution < -0.4 is 5.32 Å². The lowest BCUT2D eigenvalue weighted by Crippen LogP contribution is -2.50. The molecule has 1 N–H and O–H groups in total. The second kappa shape index (κ2) is 6.08. The van der Waals surface area contributed by atoms with Crippen LogP contribution >= 0.6 is 0 Å². The van der Waals surface area contributed by atoms with E-state index in [4.69, 9.17) is 9.47 Å². The van der Waals surface area contributed by atoms with Crippen molar-refractivity contribution in [3.05, 3.63) is 0 Å². The minimum absolute atomic E-state index is 0.0155. The quantitative estimate of drug-likeness (QED) is 0.821. The summed E-state index contributed by atoms with van der Waals surface area (Å²) in [6.45, 7) is 9.34. The molecule has 2 heterocycles. The Balaban J connectivity index is 1.79. The Bertz CT molecular complexity index is 286. The lowest BCUT2D eigenvalue weighted by Gasteiger charge is -2.39. The Labute approximate surface area is 117 Å². The number of nitrogens with zero attached hydrogens (tertiary/aromatic N) is 1. The van der Waals surface area contributed by atoms with Gasteiger partial charge in [0.25, 0.3) is 0 Å². The fourth-order valence-corrected chi connectivity index (χ4v) is 3.40. The summed E-state index contributed by atoms with van der Waals surface area (Å²) in [5, 5.41) is 3.76. The van der Waals surface area contributed by atoms with E-state index in [0.29, 0.717) is 11.5 Å². The predicted molar refractivity (Wildman–Crippen MR) is 77.5 cm³/mol. The number of nitrogens with one attached hydrogen (secondary N) is 1. The monoisotopic (exact) mass is 270 g/mol. The molecule has 112 valence electrons. The summed E-state index contributed by atoms with van der Waals surface area (Å²) >= 11 is 0. The topological polar surface area (TPSA) is 33.7 Å². The van der Waals surface area contributed by atoms with Crippen LogP contribution in [-0.4, -0.2) is 63.5 Å². The largest absolute Gasteiger partial charge is 0.378 e. The summed E-state index contributed by atoms with van der Waals surface area (Å²) in [5.41, 5.74) is 0.322. The number of hydrogen-bond donors (Lipinski definition) is 1. The van der Waals surface area contributed by atoms with Gasteiger partial charge in [-0.2, -0.15) is 0 Å². The highest BCUT2D eigenvalue weighted by atomic mass is 16.6. The third-order valence-electron chi connectivity index (χ3n) is 4.17. The minimum atomic E-state index is 0.0155. The van der Waals surface area contributed by atoms with E-state index in [0.717, 1.165) is 52.2 Å². The third kappa shape index (κ3) is 4.42. The van der Waals surface area contributed by atoms with Crippen molar-refractivity contribution in [2.24, 2.45) is 5.41 Å². The highest BCUT2D eigenvalue weighted by Gasteiger charge is 2.41. The van der Waals surface area contributed by atoms with Gasteiger partial charge < -0.3 is 19.7 Å². The average Bonchev–Trinajstić information content (AvgIpc) is 2.73. The first-order chi connectivity index (χ1) is 8.91. The predicted octanol–water partition coefficient (Wildman–Crippen LogP) is 1.50. The van der Waals surface area contributed by atoms with Crippen molar-refractivity contribution in [2.75, 3.05) is 47.0 Å². The summed E-state index contributed by atoms with van der Waals surface area (Å²) in [5.74, 6) is 0. The van der Waals surface area contributed by atoms with Gasteiger partial charge in [-0.1, -0.05) is 13.8 Å². The van der Waals surface area contributed by atoms with Crippen molar-refractivity contribution < 1.29 is 9.47 Å². The van der Waals surface area contributed by atoms with Crippen molar-refractivity contribution in [2.45, 2.75) is 44.8 Å². The van der Waals surface area contributed by atoms with Crippen molar-refractivity contribution in [3.8, 4) is 0 Å². The summed E-state index contributed by atoms with van der Waals surface area (Å²) in [6, 6.07) is 0.580. The van der Waals surface area contributed by atoms with Crippen molar-refractivity contribution in [3.63, 3.8) is 0 Å². The maximum Gasteiger partial charge on any atom is 0.0951 e. The van der Waals surface area contributed by atoms with E-state index in [1.807, 2.05) is 0 Å². The Morgan fingerprint density at radius 2 is 2.11 bits per heavy atom. The Morgan fingerprint density at radius 3 is 2.74 bits per heavy atom. The maximum absolute atomic E-state index is 5.98. The van der Waals surface area contributed by atoms with E-state index in [9.17, 15) is 0 Å². The normalized spacial score (nSPS) is 32.4. The van der Waals surface area contributed by atoms with Gasteiger partial charge in [0.1, 0.15) is 0 Å². The Morgan fingerprint density at radius 1 is 1.32 bits per heavy atom. The molecule has 0 radical (unpaired) electrons. The first-order valence-electron chi connectivity index (χ1n) is 7.51. The molecule has 2 aliphatic heterocycles. The van der Waals surface area contributed by atoms with Crippen molar-refractivity contribution in [1.29, 1.82) is 0 Å². The zero-order chi connectivity index (χ0) is 13.9. The molecule has 2 aliphatic rings. The van der Waals surface area contributed by atoms with Gasteiger partial charge in [-0.15, -0.1) is 0 Å². The molecule has 2 saturated heterocycles. The summed E-state index contributed by atoms with van der Waals surface area (Å²) < 4.78 is 11.5. The van der Waals surface area contributed by atoms with Crippen LogP contribution in [-0.2, 0) is 9.47 Å². The molecule has 2 rings (SSSR count). The summed E-state index contributed by atoms with van der Waals surface area (Å²) in [6.07, 6.45) is 3.29. The van der Waals surface area contributed by atoms with Gasteiger partial charge >= 0.3 is 0 Å². The summed E-state index contributed by atoms with van der Waals surface area (Å²) in [4.78, 5) is 2.26. The molecule has 0 amide bonds. The Hall–Kier alpha value is -0.160. The molecule has 2 fully saturated rings. The Kier molecular flexibility index (Phi) is 4.88. The van der Waals surface area contributed by atoms with Crippen LogP contribution in [0.2, 0.25) is 0 Å². The van der Waals surface area contributed by atoms with Crippen LogP contribution in [0, 0.1) is 5.41 Å². The van der Waals surface area contributed by atoms with Gasteiger partial charge in [0.15, 0.2) is 0 Å². The smallest absolute Gasteiger partial charge is 0.0951 e. The van der Waals surface area contributed by atoms with E-state index in [1.165, 1.54) is 0 Å². The number of rotatable bonds is 5. The molecule has 4 nitrogen and oxygen atoms in total. The standard InChI is InChI=1S/C15H30N2O2/c1-14(2,11-17(3)4)10-16-13-5-7-19-15(9-13)6-8-18-12-15/h13,16H,5-12H2,1-4H3. The molecular formula is C15H30N2O2. The zero-order valence-electron chi connectivity index (χ0n) is 13.0. The third-order valence-corrected chi connectivity index (χ3v) is 4.17. The van der Waals surface area contributed by atoms with Gasteiger partial charge in [0.05, 0.1) is 12.2 Å². The molecule has 2 unspecified atom stereocenters. The van der Waals surface area contributed by atoms with Crippen LogP contribution in [0.25, 0.3) is 0 Å². The van der Waals surface area contributed by atoms with Crippen LogP contribution in [0.4, 0.5) is 0 Å². The zero-order valence-corrected chi connectivity index (χ0v) is 13.0. The molecule has 2 atom stereocenters. The second-order valence-electron chi connectivity index (χ2n) is 7.31. The number of ether oxygens (including phenoxy) is 2. The fraction of sp³-hybridized carbons (Fsp3) is 1.00. The molecule has 0 aromatic carbocycles. The second-order valence-corrected chi connectivity index (χ2v) is 7.31. The maximum atomic E-state index is 5.98. The molecular weight excluding hydrogens is 240 g/mol. The van der Waals surface area contributed by atoms with Crippen LogP contribution in [0.1, 0.15) is 33.1 Å². The van der Waals surface area contributed by atoms with Crippen LogP contribution in [0.3, 0.4) is 0 Å². The molecule has 1 spiro atoms. The minimum Gasteiger partial charge on any atom is -0.378 e. The van der Waals surface area contributed by atoms with E-state index >= 15 is 0 Å². The summed E-state index contributed by atoms with van der Waals surface area (Å²) in [7, 11) is 4.28. The molecule has 0 bridgehead atoms. The highest BCUT2D eigenvalue weighted by molar-refractivity contribution is 4.93. The van der Waals surface area contributed by atoms with Crippen molar-refractivity contribution >= 4 is 0 Å². The van der Waals surface area contributed by atoms with Gasteiger partial charge in [0.2, 0.25) is 0 Å². The van der Waals surface area contributed by atoms with E-state index < -0.39 is 0 Å². The first-order valence-corrected chi connectivity index (χ1v) is 7.51. The number of hydrogen-bond acceptors (Lipinski definition) is 4. The van der Waals surface area contributed by atoms with E-state index in [1.54, 1.807) is 0 Å². The molecule has 0 aliphatic carbocycles. The van der Waals surface area contributed by atoms with Crippen molar-refractivity contribution in [1.82, 2.24) is 10.2 Å². The molecule has 0 aromatic heterocycles. The molecule has 0 saturated carbocycles. The average molecular weight is 270 g/mol. The molecule has 19 heavy (non-hydrogen) atoms.